The van der Waals surface area contributed by atoms with Crippen LogP contribution in [0, 0.1) is 17.8 Å². The van der Waals surface area contributed by atoms with Crippen LogP contribution in [0.3, 0.4) is 0 Å². The Bertz CT molecular complexity index is 1120. The molecule has 31 heavy (non-hydrogen) atoms. The molecular formula is C27H31N3O. The van der Waals surface area contributed by atoms with Crippen LogP contribution in [0.1, 0.15) is 49.9 Å². The molecular weight excluding hydrogens is 382 g/mol. The van der Waals surface area contributed by atoms with Gasteiger partial charge in [0.25, 0.3) is 0 Å². The van der Waals surface area contributed by atoms with Gasteiger partial charge in [-0.25, -0.2) is 0 Å². The van der Waals surface area contributed by atoms with Crippen molar-refractivity contribution in [2.24, 2.45) is 5.92 Å². The first-order chi connectivity index (χ1) is 15.1. The molecule has 0 spiro atoms. The van der Waals surface area contributed by atoms with Gasteiger partial charge in [0.15, 0.2) is 0 Å². The van der Waals surface area contributed by atoms with Gasteiger partial charge in [0.2, 0.25) is 5.91 Å². The Balaban J connectivity index is 1.66. The van der Waals surface area contributed by atoms with Gasteiger partial charge in [-0.1, -0.05) is 62.2 Å². The zero-order valence-corrected chi connectivity index (χ0v) is 18.6. The number of hydrogen-bond acceptors (Lipinski definition) is 2. The highest BCUT2D eigenvalue weighted by molar-refractivity contribution is 5.90. The monoisotopic (exact) mass is 413 g/mol. The third-order valence-electron chi connectivity index (χ3n) is 5.98. The smallest absolute Gasteiger partial charge is 0.237 e. The summed E-state index contributed by atoms with van der Waals surface area (Å²) in [4.78, 5) is 13.2. The molecule has 0 saturated carbocycles. The molecule has 0 fully saturated rings. The van der Waals surface area contributed by atoms with E-state index in [1.165, 1.54) is 22.0 Å². The molecule has 2 atom stereocenters. The normalized spacial score (nSPS) is 17.8. The van der Waals surface area contributed by atoms with Gasteiger partial charge in [-0.15, -0.1) is 5.92 Å². The van der Waals surface area contributed by atoms with Crippen molar-refractivity contribution in [1.82, 2.24) is 15.2 Å². The topological polar surface area (TPSA) is 46.1 Å². The van der Waals surface area contributed by atoms with E-state index >= 15 is 0 Å². The SMILES string of the molecule is CC#CCn1cc2c3c(cccc31)[C@H](CC(C)C)N[C@H](C(=O)NCc1ccccc1)C2. The number of carbonyl (C=O) groups excluding carboxylic acids is 1. The lowest BCUT2D eigenvalue weighted by molar-refractivity contribution is -0.123. The van der Waals surface area contributed by atoms with Gasteiger partial charge in [0.05, 0.1) is 12.6 Å². The Morgan fingerprint density at radius 2 is 2.00 bits per heavy atom. The Labute approximate surface area is 185 Å². The van der Waals surface area contributed by atoms with Crippen molar-refractivity contribution >= 4 is 16.8 Å². The minimum Gasteiger partial charge on any atom is -0.351 e. The van der Waals surface area contributed by atoms with E-state index in [0.29, 0.717) is 25.4 Å². The Morgan fingerprint density at radius 1 is 1.19 bits per heavy atom. The number of nitrogens with one attached hydrogen (secondary N) is 2. The second-order valence-corrected chi connectivity index (χ2v) is 8.76. The standard InChI is InChI=1S/C27H31N3O/c1-4-5-14-30-18-21-16-24(27(31)28-17-20-10-7-6-8-11-20)29-23(15-19(2)3)22-12-9-13-25(30)26(21)22/h6-13,18-19,23-24,29H,14-17H2,1-3H3,(H,28,31)/t23-,24-/m0/s1. The molecule has 0 bridgehead atoms. The van der Waals surface area contributed by atoms with E-state index in [2.05, 4.69) is 65.3 Å². The van der Waals surface area contributed by atoms with Crippen molar-refractivity contribution in [1.29, 1.82) is 0 Å². The van der Waals surface area contributed by atoms with E-state index in [1.54, 1.807) is 0 Å². The third kappa shape index (κ3) is 4.68. The van der Waals surface area contributed by atoms with E-state index in [0.717, 1.165) is 12.0 Å². The predicted octanol–water partition coefficient (Wildman–Crippen LogP) is 4.58. The van der Waals surface area contributed by atoms with Gasteiger partial charge < -0.3 is 9.88 Å². The first-order valence-corrected chi connectivity index (χ1v) is 11.1. The van der Waals surface area contributed by atoms with Crippen molar-refractivity contribution in [2.45, 2.75) is 58.8 Å². The molecule has 4 rings (SSSR count). The summed E-state index contributed by atoms with van der Waals surface area (Å²) >= 11 is 0. The van der Waals surface area contributed by atoms with Crippen LogP contribution in [0.25, 0.3) is 10.9 Å². The molecule has 2 aromatic carbocycles. The van der Waals surface area contributed by atoms with E-state index in [9.17, 15) is 4.79 Å². The minimum absolute atomic E-state index is 0.0552. The molecule has 4 nitrogen and oxygen atoms in total. The van der Waals surface area contributed by atoms with Gasteiger partial charge in [-0.2, -0.15) is 0 Å². The first-order valence-electron chi connectivity index (χ1n) is 11.1. The van der Waals surface area contributed by atoms with E-state index < -0.39 is 0 Å². The van der Waals surface area contributed by atoms with Crippen LogP contribution in [0.15, 0.2) is 54.7 Å². The number of rotatable bonds is 6. The second-order valence-electron chi connectivity index (χ2n) is 8.76. The fourth-order valence-corrected chi connectivity index (χ4v) is 4.56. The molecule has 0 radical (unpaired) electrons. The molecule has 1 aromatic heterocycles. The Morgan fingerprint density at radius 3 is 2.74 bits per heavy atom. The van der Waals surface area contributed by atoms with Gasteiger partial charge in [-0.3, -0.25) is 10.1 Å². The lowest BCUT2D eigenvalue weighted by atomic mass is 9.94. The summed E-state index contributed by atoms with van der Waals surface area (Å²) in [6.07, 6.45) is 3.85. The lowest BCUT2D eigenvalue weighted by Gasteiger charge is -2.25. The molecule has 160 valence electrons. The van der Waals surface area contributed by atoms with Crippen LogP contribution in [-0.2, 0) is 24.3 Å². The minimum atomic E-state index is -0.267. The number of benzene rings is 2. The number of carbonyl (C=O) groups is 1. The summed E-state index contributed by atoms with van der Waals surface area (Å²) in [5, 5.41) is 8.12. The number of amides is 1. The van der Waals surface area contributed by atoms with Crippen LogP contribution in [0.4, 0.5) is 0 Å². The molecule has 0 saturated heterocycles. The van der Waals surface area contributed by atoms with Crippen LogP contribution in [0.5, 0.6) is 0 Å². The largest absolute Gasteiger partial charge is 0.351 e. The summed E-state index contributed by atoms with van der Waals surface area (Å²) in [7, 11) is 0. The van der Waals surface area contributed by atoms with Crippen molar-refractivity contribution in [3.05, 3.63) is 71.4 Å². The zero-order valence-electron chi connectivity index (χ0n) is 18.6. The summed E-state index contributed by atoms with van der Waals surface area (Å²) in [5.74, 6) is 6.76. The van der Waals surface area contributed by atoms with Crippen LogP contribution >= 0.6 is 0 Å². The van der Waals surface area contributed by atoms with Crippen LogP contribution in [0.2, 0.25) is 0 Å². The molecule has 3 aromatic rings. The third-order valence-corrected chi connectivity index (χ3v) is 5.98. The van der Waals surface area contributed by atoms with Crippen molar-refractivity contribution in [2.75, 3.05) is 0 Å². The molecule has 0 unspecified atom stereocenters. The van der Waals surface area contributed by atoms with E-state index in [4.69, 9.17) is 0 Å². The number of aromatic nitrogens is 1. The highest BCUT2D eigenvalue weighted by Crippen LogP contribution is 2.35. The highest BCUT2D eigenvalue weighted by Gasteiger charge is 2.30. The maximum Gasteiger partial charge on any atom is 0.237 e. The molecule has 4 heteroatoms. The first kappa shape index (κ1) is 21.2. The summed E-state index contributed by atoms with van der Waals surface area (Å²) in [6.45, 7) is 7.56. The molecule has 2 heterocycles. The zero-order chi connectivity index (χ0) is 21.8. The summed E-state index contributed by atoms with van der Waals surface area (Å²) in [6, 6.07) is 16.5. The second kappa shape index (κ2) is 9.41. The quantitative estimate of drug-likeness (QED) is 0.581. The van der Waals surface area contributed by atoms with Gasteiger partial charge >= 0.3 is 0 Å². The van der Waals surface area contributed by atoms with Crippen molar-refractivity contribution < 1.29 is 4.79 Å². The average molecular weight is 414 g/mol. The maximum atomic E-state index is 13.2. The Hall–Kier alpha value is -3.03. The van der Waals surface area contributed by atoms with E-state index in [1.807, 2.05) is 37.3 Å². The predicted molar refractivity (Wildman–Crippen MR) is 127 cm³/mol. The number of nitrogens with zero attached hydrogens (tertiary/aromatic N) is 1. The van der Waals surface area contributed by atoms with Crippen molar-refractivity contribution in [3.8, 4) is 11.8 Å². The number of hydrogen-bond donors (Lipinski definition) is 2. The lowest BCUT2D eigenvalue weighted by Crippen LogP contribution is -2.46. The summed E-state index contributed by atoms with van der Waals surface area (Å²) < 4.78 is 2.22. The van der Waals surface area contributed by atoms with E-state index in [-0.39, 0.29) is 18.0 Å². The van der Waals surface area contributed by atoms with Gasteiger partial charge in [-0.05, 0) is 48.4 Å². The Kier molecular flexibility index (Phi) is 6.44. The fraction of sp³-hybridized carbons (Fsp3) is 0.370. The molecule has 1 amide bonds. The molecule has 2 N–H and O–H groups in total. The van der Waals surface area contributed by atoms with Crippen molar-refractivity contribution in [3.63, 3.8) is 0 Å². The summed E-state index contributed by atoms with van der Waals surface area (Å²) in [5.41, 5.74) is 4.83. The molecule has 1 aliphatic rings. The molecule has 1 aliphatic heterocycles. The van der Waals surface area contributed by atoms with Crippen LogP contribution < -0.4 is 10.6 Å². The highest BCUT2D eigenvalue weighted by atomic mass is 16.2. The van der Waals surface area contributed by atoms with Crippen LogP contribution in [-0.4, -0.2) is 16.5 Å². The fourth-order valence-electron chi connectivity index (χ4n) is 4.56. The van der Waals surface area contributed by atoms with Gasteiger partial charge in [0.1, 0.15) is 0 Å². The maximum absolute atomic E-state index is 13.2. The van der Waals surface area contributed by atoms with Gasteiger partial charge in [0, 0.05) is 29.7 Å². The average Bonchev–Trinajstić information content (AvgIpc) is 3.04. The molecule has 0 aliphatic carbocycles.